The third-order valence-corrected chi connectivity index (χ3v) is 6.41. The molecule has 1 aliphatic heterocycles. The maximum Gasteiger partial charge on any atom is 0.417 e. The van der Waals surface area contributed by atoms with E-state index in [9.17, 15) is 21.6 Å². The van der Waals surface area contributed by atoms with Crippen molar-refractivity contribution in [2.45, 2.75) is 17.0 Å². The molecule has 13 heteroatoms. The van der Waals surface area contributed by atoms with Crippen molar-refractivity contribution in [3.63, 3.8) is 0 Å². The fourth-order valence-electron chi connectivity index (χ4n) is 3.91. The van der Waals surface area contributed by atoms with Crippen molar-refractivity contribution in [3.8, 4) is 22.5 Å². The smallest absolute Gasteiger partial charge is 0.329 e. The van der Waals surface area contributed by atoms with Crippen LogP contribution in [0, 0.1) is 0 Å². The zero-order valence-electron chi connectivity index (χ0n) is 16.7. The lowest BCUT2D eigenvalue weighted by Crippen LogP contribution is -2.46. The van der Waals surface area contributed by atoms with E-state index < -0.39 is 26.7 Å². The number of H-pyrrole nitrogens is 1. The Morgan fingerprint density at radius 1 is 1.12 bits per heavy atom. The Morgan fingerprint density at radius 3 is 2.34 bits per heavy atom. The van der Waals surface area contributed by atoms with Crippen molar-refractivity contribution in [1.29, 1.82) is 0 Å². The highest BCUT2D eigenvalue weighted by atomic mass is 32.2. The summed E-state index contributed by atoms with van der Waals surface area (Å²) < 4.78 is 65.3. The summed E-state index contributed by atoms with van der Waals surface area (Å²) in [6, 6.07) is 9.07. The molecule has 0 spiro atoms. The highest BCUT2D eigenvalue weighted by Crippen LogP contribution is 2.43. The van der Waals surface area contributed by atoms with Gasteiger partial charge in [-0.05, 0) is 28.0 Å². The number of tetrazole rings is 1. The van der Waals surface area contributed by atoms with Gasteiger partial charge < -0.3 is 10.6 Å². The quantitative estimate of drug-likeness (QED) is 0.499. The molecule has 5 N–H and O–H groups in total. The number of primary sulfonamides is 1. The van der Waals surface area contributed by atoms with E-state index in [1.54, 1.807) is 12.1 Å². The summed E-state index contributed by atoms with van der Waals surface area (Å²) in [7, 11) is -4.79. The number of likely N-dealkylation sites (tertiary alicyclic amines) is 1. The SMILES string of the molecule is NCCN1CC(c2ccc(-c3ccc(C(F)(F)F)c(S(N)(=O)=O)c3-c3nn[nH]n3)cc2)C1. The van der Waals surface area contributed by atoms with E-state index in [1.165, 1.54) is 6.07 Å². The summed E-state index contributed by atoms with van der Waals surface area (Å²) >= 11 is 0. The molecule has 170 valence electrons. The van der Waals surface area contributed by atoms with Crippen LogP contribution in [-0.4, -0.2) is 60.1 Å². The molecule has 2 aromatic carbocycles. The normalized spacial score (nSPS) is 15.7. The Hall–Kier alpha value is -2.87. The lowest BCUT2D eigenvalue weighted by Gasteiger charge is -2.39. The predicted molar refractivity (Wildman–Crippen MR) is 110 cm³/mol. The van der Waals surface area contributed by atoms with Crippen molar-refractivity contribution >= 4 is 10.0 Å². The molecule has 0 bridgehead atoms. The number of nitrogens with two attached hydrogens (primary N) is 2. The average Bonchev–Trinajstić information content (AvgIpc) is 3.23. The van der Waals surface area contributed by atoms with Gasteiger partial charge in [-0.1, -0.05) is 30.3 Å². The van der Waals surface area contributed by atoms with Crippen LogP contribution in [0.25, 0.3) is 22.5 Å². The number of alkyl halides is 3. The van der Waals surface area contributed by atoms with Gasteiger partial charge in [0, 0.05) is 32.1 Å². The molecule has 0 radical (unpaired) electrons. The maximum absolute atomic E-state index is 13.6. The van der Waals surface area contributed by atoms with Crippen LogP contribution in [0.3, 0.4) is 0 Å². The molecular formula is C19H20F3N7O2S. The maximum atomic E-state index is 13.6. The summed E-state index contributed by atoms with van der Waals surface area (Å²) in [4.78, 5) is 1.13. The molecular weight excluding hydrogens is 447 g/mol. The summed E-state index contributed by atoms with van der Waals surface area (Å²) in [6.07, 6.45) is -4.96. The van der Waals surface area contributed by atoms with Gasteiger partial charge in [-0.2, -0.15) is 18.4 Å². The van der Waals surface area contributed by atoms with E-state index in [0.29, 0.717) is 24.1 Å². The number of nitrogens with one attached hydrogen (secondary N) is 1. The van der Waals surface area contributed by atoms with E-state index in [-0.39, 0.29) is 17.0 Å². The molecule has 0 amide bonds. The topological polar surface area (TPSA) is 144 Å². The Bertz CT molecular complexity index is 1210. The number of hydrogen-bond donors (Lipinski definition) is 3. The summed E-state index contributed by atoms with van der Waals surface area (Å²) in [6.45, 7) is 3.16. The van der Waals surface area contributed by atoms with Crippen LogP contribution >= 0.6 is 0 Å². The molecule has 1 fully saturated rings. The summed E-state index contributed by atoms with van der Waals surface area (Å²) in [5.74, 6) is 0.0236. The fourth-order valence-corrected chi connectivity index (χ4v) is 4.89. The second-order valence-corrected chi connectivity index (χ2v) is 9.01. The van der Waals surface area contributed by atoms with E-state index in [4.69, 9.17) is 10.9 Å². The minimum atomic E-state index is -4.96. The molecule has 3 aromatic rings. The Kier molecular flexibility index (Phi) is 5.75. The third-order valence-electron chi connectivity index (χ3n) is 5.41. The summed E-state index contributed by atoms with van der Waals surface area (Å²) in [5.41, 5.74) is 5.56. The number of sulfonamides is 1. The van der Waals surface area contributed by atoms with Gasteiger partial charge in [0.2, 0.25) is 15.8 Å². The number of benzene rings is 2. The first-order valence-electron chi connectivity index (χ1n) is 9.63. The van der Waals surface area contributed by atoms with Crippen LogP contribution in [0.1, 0.15) is 17.0 Å². The van der Waals surface area contributed by atoms with Gasteiger partial charge in [0.05, 0.1) is 11.1 Å². The average molecular weight is 467 g/mol. The van der Waals surface area contributed by atoms with Crippen LogP contribution in [-0.2, 0) is 16.2 Å². The molecule has 2 heterocycles. The molecule has 0 aliphatic carbocycles. The number of aromatic amines is 1. The molecule has 0 atom stereocenters. The Morgan fingerprint density at radius 2 is 1.81 bits per heavy atom. The van der Waals surface area contributed by atoms with Crippen LogP contribution in [0.5, 0.6) is 0 Å². The Balaban J connectivity index is 1.81. The number of halogens is 3. The molecule has 32 heavy (non-hydrogen) atoms. The first kappa shape index (κ1) is 22.3. The monoisotopic (exact) mass is 467 g/mol. The molecule has 1 saturated heterocycles. The number of nitrogens with zero attached hydrogens (tertiary/aromatic N) is 4. The van der Waals surface area contributed by atoms with E-state index in [0.717, 1.165) is 25.2 Å². The number of rotatable bonds is 6. The fraction of sp³-hybridized carbons (Fsp3) is 0.316. The van der Waals surface area contributed by atoms with Crippen molar-refractivity contribution in [2.75, 3.05) is 26.2 Å². The van der Waals surface area contributed by atoms with Crippen LogP contribution in [0.4, 0.5) is 13.2 Å². The van der Waals surface area contributed by atoms with Crippen LogP contribution in [0.15, 0.2) is 41.3 Å². The molecule has 1 aromatic heterocycles. The molecule has 0 unspecified atom stereocenters. The van der Waals surface area contributed by atoms with E-state index >= 15 is 0 Å². The minimum absolute atomic E-state index is 0.188. The zero-order chi connectivity index (χ0) is 23.1. The van der Waals surface area contributed by atoms with Gasteiger partial charge >= 0.3 is 6.18 Å². The molecule has 0 saturated carbocycles. The lowest BCUT2D eigenvalue weighted by atomic mass is 9.89. The molecule has 1 aliphatic rings. The zero-order valence-corrected chi connectivity index (χ0v) is 17.5. The van der Waals surface area contributed by atoms with E-state index in [2.05, 4.69) is 25.5 Å². The highest BCUT2D eigenvalue weighted by molar-refractivity contribution is 7.89. The van der Waals surface area contributed by atoms with Crippen LogP contribution in [0.2, 0.25) is 0 Å². The molecule has 4 rings (SSSR count). The minimum Gasteiger partial charge on any atom is -0.329 e. The Labute approximate surface area is 181 Å². The number of aromatic nitrogens is 4. The third kappa shape index (κ3) is 4.24. The highest BCUT2D eigenvalue weighted by Gasteiger charge is 2.40. The van der Waals surface area contributed by atoms with Gasteiger partial charge in [0.25, 0.3) is 0 Å². The first-order valence-corrected chi connectivity index (χ1v) is 11.2. The summed E-state index contributed by atoms with van der Waals surface area (Å²) in [5, 5.41) is 18.1. The van der Waals surface area contributed by atoms with Crippen molar-refractivity contribution in [1.82, 2.24) is 25.5 Å². The largest absolute Gasteiger partial charge is 0.417 e. The first-order chi connectivity index (χ1) is 15.1. The van der Waals surface area contributed by atoms with Gasteiger partial charge in [0.1, 0.15) is 4.90 Å². The lowest BCUT2D eigenvalue weighted by molar-refractivity contribution is -0.139. The van der Waals surface area contributed by atoms with E-state index in [1.807, 2.05) is 12.1 Å². The second-order valence-electron chi connectivity index (χ2n) is 7.51. The van der Waals surface area contributed by atoms with Crippen molar-refractivity contribution < 1.29 is 21.6 Å². The van der Waals surface area contributed by atoms with Crippen molar-refractivity contribution in [3.05, 3.63) is 47.5 Å². The van der Waals surface area contributed by atoms with Gasteiger partial charge in [-0.15, -0.1) is 10.2 Å². The van der Waals surface area contributed by atoms with Gasteiger partial charge in [0.15, 0.2) is 0 Å². The van der Waals surface area contributed by atoms with Gasteiger partial charge in [-0.3, -0.25) is 0 Å². The molecule has 9 nitrogen and oxygen atoms in total. The van der Waals surface area contributed by atoms with Gasteiger partial charge in [-0.25, -0.2) is 13.6 Å². The van der Waals surface area contributed by atoms with Crippen molar-refractivity contribution in [2.24, 2.45) is 10.9 Å². The number of hydrogen-bond acceptors (Lipinski definition) is 7. The second kappa shape index (κ2) is 8.24. The predicted octanol–water partition coefficient (Wildman–Crippen LogP) is 1.56. The standard InChI is InChI=1S/C19H20F3N7O2S/c20-19(21,22)15-6-5-14(16(17(15)32(24,30)31)18-25-27-28-26-18)12-3-1-11(2-4-12)13-9-29(10-13)8-7-23/h1-6,13H,7-10,23H2,(H2,24,30,31)(H,25,26,27,28). The van der Waals surface area contributed by atoms with Crippen LogP contribution < -0.4 is 10.9 Å².